The quantitative estimate of drug-likeness (QED) is 0.434. The number of hydrazine groups is 1. The van der Waals surface area contributed by atoms with Crippen LogP contribution in [0.15, 0.2) is 0 Å². The van der Waals surface area contributed by atoms with E-state index >= 15 is 0 Å². The first-order chi connectivity index (χ1) is 9.92. The second-order valence-electron chi connectivity index (χ2n) is 5.92. The molecule has 0 aliphatic heterocycles. The van der Waals surface area contributed by atoms with Crippen molar-refractivity contribution >= 4 is 11.6 Å². The maximum atomic E-state index is 9.66. The van der Waals surface area contributed by atoms with E-state index in [1.165, 1.54) is 0 Å². The molecule has 1 aromatic rings. The first-order valence-electron chi connectivity index (χ1n) is 7.62. The monoisotopic (exact) mass is 295 g/mol. The minimum Gasteiger partial charge on any atom is -0.396 e. The summed E-state index contributed by atoms with van der Waals surface area (Å²) in [5.41, 5.74) is 3.40. The lowest BCUT2D eigenvalue weighted by atomic mass is 9.83. The number of aliphatic hydroxyl groups excluding tert-OH is 1. The summed E-state index contributed by atoms with van der Waals surface area (Å²) in [5, 5.41) is 13.0. The zero-order valence-corrected chi connectivity index (χ0v) is 13.8. The molecule has 0 amide bonds. The fourth-order valence-electron chi connectivity index (χ4n) is 2.16. The molecule has 1 aromatic heterocycles. The van der Waals surface area contributed by atoms with Crippen LogP contribution < -0.4 is 16.6 Å². The summed E-state index contributed by atoms with van der Waals surface area (Å²) >= 11 is 0. The van der Waals surface area contributed by atoms with Crippen LogP contribution in [0.25, 0.3) is 0 Å². The summed E-state index contributed by atoms with van der Waals surface area (Å²) in [5.74, 6) is 7.93. The maximum Gasteiger partial charge on any atom is 0.148 e. The minimum atomic E-state index is -0.119. The molecular formula is C15H29N5O. The van der Waals surface area contributed by atoms with E-state index in [1.807, 2.05) is 20.8 Å². The van der Waals surface area contributed by atoms with Gasteiger partial charge in [-0.1, -0.05) is 27.7 Å². The number of aliphatic hydroxyl groups is 1. The topological polar surface area (TPSA) is 96.1 Å². The molecule has 0 bridgehead atoms. The lowest BCUT2D eigenvalue weighted by molar-refractivity contribution is 0.127. The van der Waals surface area contributed by atoms with Gasteiger partial charge in [-0.2, -0.15) is 0 Å². The Morgan fingerprint density at radius 2 is 1.76 bits per heavy atom. The summed E-state index contributed by atoms with van der Waals surface area (Å²) in [4.78, 5) is 9.01. The number of rotatable bonds is 8. The Morgan fingerprint density at radius 3 is 2.19 bits per heavy atom. The van der Waals surface area contributed by atoms with Crippen molar-refractivity contribution in [2.45, 2.75) is 53.4 Å². The van der Waals surface area contributed by atoms with Crippen molar-refractivity contribution in [1.82, 2.24) is 9.97 Å². The summed E-state index contributed by atoms with van der Waals surface area (Å²) in [6, 6.07) is 0. The molecular weight excluding hydrogens is 266 g/mol. The van der Waals surface area contributed by atoms with Gasteiger partial charge in [0.2, 0.25) is 0 Å². The van der Waals surface area contributed by atoms with Crippen molar-refractivity contribution in [2.24, 2.45) is 11.3 Å². The summed E-state index contributed by atoms with van der Waals surface area (Å²) in [7, 11) is 0. The highest BCUT2D eigenvalue weighted by atomic mass is 16.3. The molecule has 5 N–H and O–H groups in total. The van der Waals surface area contributed by atoms with Crippen molar-refractivity contribution in [2.75, 3.05) is 23.9 Å². The maximum absolute atomic E-state index is 9.66. The van der Waals surface area contributed by atoms with Gasteiger partial charge in [-0.3, -0.25) is 0 Å². The minimum absolute atomic E-state index is 0.119. The molecule has 1 heterocycles. The fourth-order valence-corrected chi connectivity index (χ4v) is 2.16. The Kier molecular flexibility index (Phi) is 6.36. The zero-order chi connectivity index (χ0) is 16.0. The van der Waals surface area contributed by atoms with Gasteiger partial charge in [0.05, 0.1) is 6.61 Å². The molecule has 6 heteroatoms. The van der Waals surface area contributed by atoms with Gasteiger partial charge >= 0.3 is 0 Å². The van der Waals surface area contributed by atoms with E-state index in [-0.39, 0.29) is 17.9 Å². The predicted octanol–water partition coefficient (Wildman–Crippen LogP) is 2.40. The van der Waals surface area contributed by atoms with Gasteiger partial charge in [0, 0.05) is 23.4 Å². The first-order valence-corrected chi connectivity index (χ1v) is 7.62. The smallest absolute Gasteiger partial charge is 0.148 e. The zero-order valence-electron chi connectivity index (χ0n) is 13.8. The number of hydrogen-bond acceptors (Lipinski definition) is 6. The lowest BCUT2D eigenvalue weighted by Crippen LogP contribution is -2.33. The lowest BCUT2D eigenvalue weighted by Gasteiger charge is -2.30. The highest BCUT2D eigenvalue weighted by Gasteiger charge is 2.25. The Hall–Kier alpha value is -1.40. The van der Waals surface area contributed by atoms with E-state index < -0.39 is 0 Å². The Bertz CT molecular complexity index is 449. The van der Waals surface area contributed by atoms with Crippen molar-refractivity contribution in [1.29, 1.82) is 0 Å². The van der Waals surface area contributed by atoms with Crippen LogP contribution >= 0.6 is 0 Å². The van der Waals surface area contributed by atoms with Gasteiger partial charge in [-0.05, 0) is 19.8 Å². The number of hydrogen-bond donors (Lipinski definition) is 4. The van der Waals surface area contributed by atoms with E-state index in [0.29, 0.717) is 12.4 Å². The highest BCUT2D eigenvalue weighted by Crippen LogP contribution is 2.28. The molecule has 0 unspecified atom stereocenters. The van der Waals surface area contributed by atoms with Crippen molar-refractivity contribution in [3.05, 3.63) is 11.4 Å². The summed E-state index contributed by atoms with van der Waals surface area (Å²) in [6.07, 6.45) is 1.83. The third-order valence-corrected chi connectivity index (χ3v) is 4.28. The third kappa shape index (κ3) is 4.04. The Morgan fingerprint density at radius 1 is 1.19 bits per heavy atom. The average Bonchev–Trinajstić information content (AvgIpc) is 2.50. The van der Waals surface area contributed by atoms with E-state index in [0.717, 1.165) is 30.0 Å². The van der Waals surface area contributed by atoms with Crippen molar-refractivity contribution < 1.29 is 5.11 Å². The molecule has 0 atom stereocenters. The van der Waals surface area contributed by atoms with Gasteiger partial charge in [0.1, 0.15) is 17.5 Å². The van der Waals surface area contributed by atoms with E-state index in [4.69, 9.17) is 5.84 Å². The SMILES string of the molecule is CCC(CC)(CO)CNc1nc(C(C)C)nc(NN)c1C. The number of nitrogens with zero attached hydrogens (tertiary/aromatic N) is 2. The predicted molar refractivity (Wildman–Crippen MR) is 87.3 cm³/mol. The van der Waals surface area contributed by atoms with Crippen LogP contribution in [0, 0.1) is 12.3 Å². The summed E-state index contributed by atoms with van der Waals surface area (Å²) in [6.45, 7) is 11.1. The molecule has 0 saturated heterocycles. The molecule has 120 valence electrons. The molecule has 0 aromatic carbocycles. The summed E-state index contributed by atoms with van der Waals surface area (Å²) < 4.78 is 0. The molecule has 0 aliphatic carbocycles. The Labute approximate surface area is 127 Å². The second kappa shape index (κ2) is 7.56. The van der Waals surface area contributed by atoms with Crippen LogP contribution in [0.3, 0.4) is 0 Å². The molecule has 1 rings (SSSR count). The van der Waals surface area contributed by atoms with Crippen molar-refractivity contribution in [3.63, 3.8) is 0 Å². The van der Waals surface area contributed by atoms with Crippen LogP contribution in [-0.2, 0) is 0 Å². The molecule has 0 spiro atoms. The second-order valence-corrected chi connectivity index (χ2v) is 5.92. The van der Waals surface area contributed by atoms with Crippen LogP contribution in [0.5, 0.6) is 0 Å². The van der Waals surface area contributed by atoms with Gasteiger partial charge in [0.15, 0.2) is 0 Å². The fraction of sp³-hybridized carbons (Fsp3) is 0.733. The molecule has 0 fully saturated rings. The molecule has 0 aliphatic rings. The normalized spacial score (nSPS) is 11.8. The van der Waals surface area contributed by atoms with E-state index in [9.17, 15) is 5.11 Å². The molecule has 0 saturated carbocycles. The van der Waals surface area contributed by atoms with Gasteiger partial charge in [-0.25, -0.2) is 15.8 Å². The first kappa shape index (κ1) is 17.7. The molecule has 21 heavy (non-hydrogen) atoms. The number of anilines is 2. The Balaban J connectivity index is 3.04. The number of nitrogen functional groups attached to an aromatic ring is 1. The van der Waals surface area contributed by atoms with Gasteiger partial charge in [0.25, 0.3) is 0 Å². The van der Waals surface area contributed by atoms with Crippen LogP contribution in [0.2, 0.25) is 0 Å². The largest absolute Gasteiger partial charge is 0.396 e. The number of nitrogens with two attached hydrogens (primary N) is 1. The molecule has 6 nitrogen and oxygen atoms in total. The van der Waals surface area contributed by atoms with Gasteiger partial charge < -0.3 is 15.8 Å². The van der Waals surface area contributed by atoms with Gasteiger partial charge in [-0.15, -0.1) is 0 Å². The highest BCUT2D eigenvalue weighted by molar-refractivity contribution is 5.57. The van der Waals surface area contributed by atoms with Crippen LogP contribution in [0.4, 0.5) is 11.6 Å². The van der Waals surface area contributed by atoms with E-state index in [2.05, 4.69) is 34.6 Å². The van der Waals surface area contributed by atoms with E-state index in [1.54, 1.807) is 0 Å². The van der Waals surface area contributed by atoms with Crippen LogP contribution in [-0.4, -0.2) is 28.2 Å². The standard InChI is InChI=1S/C15H29N5O/c1-6-15(7-2,9-21)8-17-13-11(5)14(20-16)19-12(18-13)10(3)4/h10,21H,6-9,16H2,1-5H3,(H2,17,18,19,20). The van der Waals surface area contributed by atoms with Crippen molar-refractivity contribution in [3.8, 4) is 0 Å². The molecule has 0 radical (unpaired) electrons. The third-order valence-electron chi connectivity index (χ3n) is 4.28. The average molecular weight is 295 g/mol. The number of nitrogens with one attached hydrogen (secondary N) is 2. The number of aromatic nitrogens is 2. The van der Waals surface area contributed by atoms with Crippen LogP contribution in [0.1, 0.15) is 57.8 Å².